The molecule has 0 bridgehead atoms. The van der Waals surface area contributed by atoms with Crippen molar-refractivity contribution in [1.82, 2.24) is 4.98 Å². The Labute approximate surface area is 124 Å². The lowest BCUT2D eigenvalue weighted by Gasteiger charge is -2.15. The molecule has 0 aliphatic carbocycles. The zero-order chi connectivity index (χ0) is 14.8. The van der Waals surface area contributed by atoms with Gasteiger partial charge in [0.25, 0.3) is 0 Å². The van der Waals surface area contributed by atoms with Gasteiger partial charge >= 0.3 is 6.18 Å². The van der Waals surface area contributed by atoms with E-state index in [0.717, 1.165) is 24.0 Å². The molecule has 1 aliphatic rings. The first-order valence-electron chi connectivity index (χ1n) is 6.07. The smallest absolute Gasteiger partial charge is 0.389 e. The Hall–Kier alpha value is -1.02. The normalized spacial score (nSPS) is 19.1. The third-order valence-electron chi connectivity index (χ3n) is 3.03. The van der Waals surface area contributed by atoms with Crippen LogP contribution in [-0.4, -0.2) is 28.0 Å². The summed E-state index contributed by atoms with van der Waals surface area (Å²) >= 11 is 6.69. The summed E-state index contributed by atoms with van der Waals surface area (Å²) in [6.07, 6.45) is -3.42. The number of thioether (sulfide) groups is 1. The van der Waals surface area contributed by atoms with E-state index in [2.05, 4.69) is 10.3 Å². The van der Waals surface area contributed by atoms with Gasteiger partial charge in [-0.1, -0.05) is 12.2 Å². The van der Waals surface area contributed by atoms with Gasteiger partial charge in [0.2, 0.25) is 0 Å². The number of alkyl halides is 3. The van der Waals surface area contributed by atoms with Crippen molar-refractivity contribution in [1.29, 1.82) is 0 Å². The Balaban J connectivity index is 2.20. The fourth-order valence-electron chi connectivity index (χ4n) is 1.94. The first-order valence-corrected chi connectivity index (χ1v) is 7.64. The van der Waals surface area contributed by atoms with E-state index >= 15 is 0 Å². The molecule has 1 aromatic heterocycles. The van der Waals surface area contributed by atoms with E-state index in [0.29, 0.717) is 18.0 Å². The maximum atomic E-state index is 12.7. The molecule has 1 aromatic rings. The number of halogens is 3. The summed E-state index contributed by atoms with van der Waals surface area (Å²) in [6, 6.07) is 2.16. The van der Waals surface area contributed by atoms with Gasteiger partial charge in [-0.2, -0.15) is 24.9 Å². The van der Waals surface area contributed by atoms with Crippen LogP contribution in [0.25, 0.3) is 0 Å². The Morgan fingerprint density at radius 2 is 2.25 bits per heavy atom. The highest BCUT2D eigenvalue weighted by Gasteiger charge is 2.33. The van der Waals surface area contributed by atoms with Crippen molar-refractivity contribution < 1.29 is 13.2 Å². The fraction of sp³-hybridized carbons (Fsp3) is 0.500. The molecular weight excluding hydrogens is 307 g/mol. The van der Waals surface area contributed by atoms with Gasteiger partial charge in [-0.3, -0.25) is 0 Å². The van der Waals surface area contributed by atoms with Crippen molar-refractivity contribution in [2.24, 2.45) is 11.7 Å². The van der Waals surface area contributed by atoms with E-state index < -0.39 is 11.9 Å². The summed E-state index contributed by atoms with van der Waals surface area (Å²) in [5.41, 5.74) is 4.93. The largest absolute Gasteiger partial charge is 0.433 e. The maximum Gasteiger partial charge on any atom is 0.433 e. The van der Waals surface area contributed by atoms with Crippen LogP contribution in [0.15, 0.2) is 12.1 Å². The highest BCUT2D eigenvalue weighted by atomic mass is 32.2. The van der Waals surface area contributed by atoms with Crippen LogP contribution in [0, 0.1) is 5.92 Å². The number of hydrogen-bond acceptors (Lipinski definition) is 4. The SMILES string of the molecule is NC(=S)c1ccc(C(F)(F)F)nc1NCC1CCSC1. The zero-order valence-electron chi connectivity index (χ0n) is 10.5. The molecule has 0 radical (unpaired) electrons. The highest BCUT2D eigenvalue weighted by Crippen LogP contribution is 2.30. The first kappa shape index (κ1) is 15.4. The number of anilines is 1. The number of nitrogens with zero attached hydrogens (tertiary/aromatic N) is 1. The molecule has 0 aromatic carbocycles. The van der Waals surface area contributed by atoms with Crippen LogP contribution in [0.2, 0.25) is 0 Å². The van der Waals surface area contributed by atoms with Crippen molar-refractivity contribution in [2.75, 3.05) is 23.4 Å². The lowest BCUT2D eigenvalue weighted by molar-refractivity contribution is -0.141. The van der Waals surface area contributed by atoms with Crippen LogP contribution < -0.4 is 11.1 Å². The van der Waals surface area contributed by atoms with Gasteiger partial charge in [0.1, 0.15) is 16.5 Å². The number of thiocarbonyl (C=S) groups is 1. The van der Waals surface area contributed by atoms with Gasteiger partial charge in [0, 0.05) is 6.54 Å². The van der Waals surface area contributed by atoms with Crippen molar-refractivity contribution in [3.05, 3.63) is 23.4 Å². The van der Waals surface area contributed by atoms with Gasteiger partial charge in [-0.25, -0.2) is 4.98 Å². The number of hydrogen-bond donors (Lipinski definition) is 2. The second-order valence-electron chi connectivity index (χ2n) is 4.57. The number of nitrogens with one attached hydrogen (secondary N) is 1. The summed E-state index contributed by atoms with van der Waals surface area (Å²) < 4.78 is 38.1. The molecule has 0 spiro atoms. The third-order valence-corrected chi connectivity index (χ3v) is 4.48. The Morgan fingerprint density at radius 3 is 2.80 bits per heavy atom. The number of pyridine rings is 1. The zero-order valence-corrected chi connectivity index (χ0v) is 12.2. The van der Waals surface area contributed by atoms with Crippen LogP contribution in [-0.2, 0) is 6.18 Å². The van der Waals surface area contributed by atoms with E-state index in [1.807, 2.05) is 11.8 Å². The van der Waals surface area contributed by atoms with E-state index in [4.69, 9.17) is 18.0 Å². The average molecular weight is 321 g/mol. The molecule has 1 fully saturated rings. The van der Waals surface area contributed by atoms with Crippen LogP contribution in [0.3, 0.4) is 0 Å². The molecule has 1 atom stereocenters. The summed E-state index contributed by atoms with van der Waals surface area (Å²) in [7, 11) is 0. The first-order chi connectivity index (χ1) is 9.38. The summed E-state index contributed by atoms with van der Waals surface area (Å²) in [4.78, 5) is 3.65. The second-order valence-corrected chi connectivity index (χ2v) is 6.15. The molecule has 1 unspecified atom stereocenters. The Morgan fingerprint density at radius 1 is 1.50 bits per heavy atom. The number of nitrogens with two attached hydrogens (primary N) is 1. The Kier molecular flexibility index (Phi) is 4.74. The monoisotopic (exact) mass is 321 g/mol. The lowest BCUT2D eigenvalue weighted by atomic mass is 10.1. The van der Waals surface area contributed by atoms with E-state index in [-0.39, 0.29) is 10.8 Å². The molecule has 2 rings (SSSR count). The van der Waals surface area contributed by atoms with Crippen LogP contribution >= 0.6 is 24.0 Å². The Bertz CT molecular complexity index is 499. The fourth-order valence-corrected chi connectivity index (χ4v) is 3.39. The van der Waals surface area contributed by atoms with Crippen molar-refractivity contribution in [3.63, 3.8) is 0 Å². The second kappa shape index (κ2) is 6.17. The molecule has 20 heavy (non-hydrogen) atoms. The van der Waals surface area contributed by atoms with Crippen LogP contribution in [0.4, 0.5) is 19.0 Å². The molecule has 1 saturated heterocycles. The van der Waals surface area contributed by atoms with E-state index in [9.17, 15) is 13.2 Å². The predicted octanol–water partition coefficient (Wildman–Crippen LogP) is 2.90. The highest BCUT2D eigenvalue weighted by molar-refractivity contribution is 7.99. The molecule has 0 saturated carbocycles. The van der Waals surface area contributed by atoms with E-state index in [1.165, 1.54) is 6.07 Å². The predicted molar refractivity (Wildman–Crippen MR) is 79.0 cm³/mol. The van der Waals surface area contributed by atoms with Gasteiger partial charge in [-0.15, -0.1) is 0 Å². The molecular formula is C12H14F3N3S2. The van der Waals surface area contributed by atoms with Gasteiger partial charge < -0.3 is 11.1 Å². The number of aromatic nitrogens is 1. The van der Waals surface area contributed by atoms with Crippen LogP contribution in [0.1, 0.15) is 17.7 Å². The summed E-state index contributed by atoms with van der Waals surface area (Å²) in [5.74, 6) is 2.65. The topological polar surface area (TPSA) is 50.9 Å². The molecule has 0 amide bonds. The van der Waals surface area contributed by atoms with Gasteiger partial charge in [0.15, 0.2) is 0 Å². The van der Waals surface area contributed by atoms with Crippen LogP contribution in [0.5, 0.6) is 0 Å². The number of rotatable bonds is 4. The minimum Gasteiger partial charge on any atom is -0.389 e. The molecule has 3 nitrogen and oxygen atoms in total. The average Bonchev–Trinajstić information content (AvgIpc) is 2.87. The third kappa shape index (κ3) is 3.76. The quantitative estimate of drug-likeness (QED) is 0.835. The maximum absolute atomic E-state index is 12.7. The van der Waals surface area contributed by atoms with Crippen molar-refractivity contribution in [3.8, 4) is 0 Å². The van der Waals surface area contributed by atoms with Gasteiger partial charge in [0.05, 0.1) is 5.56 Å². The van der Waals surface area contributed by atoms with Gasteiger partial charge in [-0.05, 0) is 36.0 Å². The summed E-state index contributed by atoms with van der Waals surface area (Å²) in [5, 5.41) is 2.96. The molecule has 3 N–H and O–H groups in total. The molecule has 8 heteroatoms. The molecule has 1 aliphatic heterocycles. The van der Waals surface area contributed by atoms with E-state index in [1.54, 1.807) is 0 Å². The summed E-state index contributed by atoms with van der Waals surface area (Å²) in [6.45, 7) is 0.580. The van der Waals surface area contributed by atoms with Crippen molar-refractivity contribution >= 4 is 34.8 Å². The van der Waals surface area contributed by atoms with Crippen molar-refractivity contribution in [2.45, 2.75) is 12.6 Å². The minimum absolute atomic E-state index is 0.0366. The minimum atomic E-state index is -4.48. The lowest BCUT2D eigenvalue weighted by Crippen LogP contribution is -2.20. The molecule has 2 heterocycles. The standard InChI is InChI=1S/C12H14F3N3S2/c13-12(14,15)9-2-1-8(10(16)19)11(18-9)17-5-7-3-4-20-6-7/h1-2,7H,3-6H2,(H2,16,19)(H,17,18). The molecule has 110 valence electrons.